The highest BCUT2D eigenvalue weighted by Gasteiger charge is 2.33. The standard InChI is InChI=1S/C26H20N2O3S2/c1-2-18-8-12-21(13-9-18)28(20-6-4-3-5-7-20)22-14-10-19(11-15-22)16-23-25(31)27(17-24(29)30)26(32)33-23/h2-16H,1,17H2,(H,29,30)/b23-16+. The summed E-state index contributed by atoms with van der Waals surface area (Å²) < 4.78 is 0.253. The summed E-state index contributed by atoms with van der Waals surface area (Å²) in [5, 5.41) is 8.99. The fourth-order valence-corrected chi connectivity index (χ4v) is 4.68. The molecule has 0 radical (unpaired) electrons. The maximum Gasteiger partial charge on any atom is 0.323 e. The van der Waals surface area contributed by atoms with Crippen LogP contribution in [0.3, 0.4) is 0 Å². The molecule has 3 aromatic rings. The Morgan fingerprint density at radius 2 is 1.48 bits per heavy atom. The van der Waals surface area contributed by atoms with E-state index in [1.165, 1.54) is 0 Å². The van der Waals surface area contributed by atoms with Crippen molar-refractivity contribution in [3.05, 3.63) is 101 Å². The number of carbonyl (C=O) groups is 2. The van der Waals surface area contributed by atoms with Crippen LogP contribution in [0.2, 0.25) is 0 Å². The number of para-hydroxylation sites is 1. The van der Waals surface area contributed by atoms with Gasteiger partial charge in [0.1, 0.15) is 10.9 Å². The van der Waals surface area contributed by atoms with E-state index in [2.05, 4.69) is 11.5 Å². The normalized spacial score (nSPS) is 14.5. The van der Waals surface area contributed by atoms with Crippen LogP contribution in [0.1, 0.15) is 11.1 Å². The maximum absolute atomic E-state index is 12.5. The molecular weight excluding hydrogens is 452 g/mol. The van der Waals surface area contributed by atoms with Crippen LogP contribution in [0.5, 0.6) is 0 Å². The first-order valence-corrected chi connectivity index (χ1v) is 11.3. The van der Waals surface area contributed by atoms with Gasteiger partial charge in [-0.3, -0.25) is 14.5 Å². The highest BCUT2D eigenvalue weighted by atomic mass is 32.2. The van der Waals surface area contributed by atoms with Crippen molar-refractivity contribution in [1.82, 2.24) is 4.90 Å². The summed E-state index contributed by atoms with van der Waals surface area (Å²) in [7, 11) is 0. The largest absolute Gasteiger partial charge is 0.480 e. The molecule has 1 N–H and O–H groups in total. The van der Waals surface area contributed by atoms with Crippen molar-refractivity contribution >= 4 is 69.4 Å². The Kier molecular flexibility index (Phi) is 6.72. The van der Waals surface area contributed by atoms with Gasteiger partial charge in [0, 0.05) is 17.1 Å². The lowest BCUT2D eigenvalue weighted by Gasteiger charge is -2.25. The second-order valence-corrected chi connectivity index (χ2v) is 8.90. The number of rotatable bonds is 7. The van der Waals surface area contributed by atoms with Crippen LogP contribution in [0.15, 0.2) is 90.3 Å². The third-order valence-corrected chi connectivity index (χ3v) is 6.40. The molecule has 0 saturated carbocycles. The van der Waals surface area contributed by atoms with Gasteiger partial charge < -0.3 is 10.0 Å². The number of nitrogens with zero attached hydrogens (tertiary/aromatic N) is 2. The average molecular weight is 473 g/mol. The van der Waals surface area contributed by atoms with E-state index in [1.54, 1.807) is 6.08 Å². The smallest absolute Gasteiger partial charge is 0.323 e. The second-order valence-electron chi connectivity index (χ2n) is 7.22. The zero-order valence-corrected chi connectivity index (χ0v) is 19.2. The fraction of sp³-hybridized carbons (Fsp3) is 0.0385. The Morgan fingerprint density at radius 1 is 0.939 bits per heavy atom. The lowest BCUT2D eigenvalue weighted by atomic mass is 10.1. The van der Waals surface area contributed by atoms with E-state index in [0.717, 1.165) is 44.9 Å². The molecule has 1 amide bonds. The second kappa shape index (κ2) is 9.85. The van der Waals surface area contributed by atoms with Crippen molar-refractivity contribution in [2.75, 3.05) is 11.4 Å². The highest BCUT2D eigenvalue weighted by molar-refractivity contribution is 8.26. The van der Waals surface area contributed by atoms with Crippen LogP contribution in [0.4, 0.5) is 17.1 Å². The molecule has 164 valence electrons. The monoisotopic (exact) mass is 472 g/mol. The third-order valence-electron chi connectivity index (χ3n) is 5.02. The molecule has 4 rings (SSSR count). The minimum Gasteiger partial charge on any atom is -0.480 e. The van der Waals surface area contributed by atoms with Gasteiger partial charge in [-0.15, -0.1) is 0 Å². The first-order valence-electron chi connectivity index (χ1n) is 10.1. The molecule has 0 unspecified atom stereocenters. The Hall–Kier alpha value is -3.68. The van der Waals surface area contributed by atoms with Crippen LogP contribution in [-0.4, -0.2) is 32.7 Å². The fourth-order valence-electron chi connectivity index (χ4n) is 3.43. The summed E-state index contributed by atoms with van der Waals surface area (Å²) in [6.07, 6.45) is 3.54. The van der Waals surface area contributed by atoms with Gasteiger partial charge in [-0.2, -0.15) is 0 Å². The predicted molar refractivity (Wildman–Crippen MR) is 139 cm³/mol. The van der Waals surface area contributed by atoms with Crippen LogP contribution < -0.4 is 4.90 Å². The number of benzene rings is 3. The quantitative estimate of drug-likeness (QED) is 0.332. The van der Waals surface area contributed by atoms with E-state index in [4.69, 9.17) is 17.3 Å². The van der Waals surface area contributed by atoms with Gasteiger partial charge in [-0.1, -0.05) is 79.1 Å². The predicted octanol–water partition coefficient (Wildman–Crippen LogP) is 6.09. The Labute approximate surface area is 201 Å². The van der Waals surface area contributed by atoms with E-state index in [9.17, 15) is 9.59 Å². The van der Waals surface area contributed by atoms with Gasteiger partial charge in [-0.25, -0.2) is 0 Å². The molecule has 1 saturated heterocycles. The number of hydrogen-bond donors (Lipinski definition) is 1. The molecule has 0 aromatic heterocycles. The first-order chi connectivity index (χ1) is 16.0. The van der Waals surface area contributed by atoms with E-state index >= 15 is 0 Å². The highest BCUT2D eigenvalue weighted by Crippen LogP contribution is 2.36. The lowest BCUT2D eigenvalue weighted by Crippen LogP contribution is -2.33. The SMILES string of the molecule is C=Cc1ccc(N(c2ccccc2)c2ccc(/C=C3/SC(=S)N(CC(=O)O)C3=O)cc2)cc1. The maximum atomic E-state index is 12.5. The molecule has 0 bridgehead atoms. The number of thiocarbonyl (C=S) groups is 1. The number of aliphatic carboxylic acids is 1. The van der Waals surface area contributed by atoms with Crippen LogP contribution in [0, 0.1) is 0 Å². The zero-order valence-electron chi connectivity index (χ0n) is 17.5. The Balaban J connectivity index is 1.64. The molecule has 0 aliphatic carbocycles. The van der Waals surface area contributed by atoms with E-state index < -0.39 is 12.5 Å². The van der Waals surface area contributed by atoms with Crippen molar-refractivity contribution in [2.24, 2.45) is 0 Å². The topological polar surface area (TPSA) is 60.9 Å². The van der Waals surface area contributed by atoms with Crippen molar-refractivity contribution in [1.29, 1.82) is 0 Å². The van der Waals surface area contributed by atoms with Crippen molar-refractivity contribution < 1.29 is 14.7 Å². The van der Waals surface area contributed by atoms with Gasteiger partial charge in [0.05, 0.1) is 4.91 Å². The summed E-state index contributed by atoms with van der Waals surface area (Å²) in [4.78, 5) is 27.2. The summed E-state index contributed by atoms with van der Waals surface area (Å²) in [6.45, 7) is 3.38. The Bertz CT molecular complexity index is 1240. The molecule has 1 aliphatic heterocycles. The molecule has 1 heterocycles. The van der Waals surface area contributed by atoms with E-state index in [1.807, 2.05) is 84.9 Å². The summed E-state index contributed by atoms with van der Waals surface area (Å²) in [6, 6.07) is 26.0. The minimum absolute atomic E-state index is 0.253. The molecule has 1 aliphatic rings. The number of carboxylic acid groups (broad SMARTS) is 1. The number of anilines is 3. The zero-order chi connectivity index (χ0) is 23.4. The molecule has 1 fully saturated rings. The number of hydrogen-bond acceptors (Lipinski definition) is 5. The summed E-state index contributed by atoms with van der Waals surface area (Å²) in [5.74, 6) is -1.48. The van der Waals surface area contributed by atoms with Crippen LogP contribution >= 0.6 is 24.0 Å². The van der Waals surface area contributed by atoms with Gasteiger partial charge in [0.25, 0.3) is 5.91 Å². The molecule has 33 heavy (non-hydrogen) atoms. The molecule has 5 nitrogen and oxygen atoms in total. The average Bonchev–Trinajstić information content (AvgIpc) is 3.08. The van der Waals surface area contributed by atoms with Crippen molar-refractivity contribution in [2.45, 2.75) is 0 Å². The van der Waals surface area contributed by atoms with Gasteiger partial charge in [-0.05, 0) is 53.6 Å². The number of carbonyl (C=O) groups excluding carboxylic acids is 1. The minimum atomic E-state index is -1.10. The van der Waals surface area contributed by atoms with Gasteiger partial charge in [0.2, 0.25) is 0 Å². The van der Waals surface area contributed by atoms with Gasteiger partial charge in [0.15, 0.2) is 0 Å². The first kappa shape index (κ1) is 22.5. The van der Waals surface area contributed by atoms with Crippen molar-refractivity contribution in [3.63, 3.8) is 0 Å². The number of carboxylic acids is 1. The molecule has 0 spiro atoms. The van der Waals surface area contributed by atoms with Crippen LogP contribution in [-0.2, 0) is 9.59 Å². The van der Waals surface area contributed by atoms with E-state index in [0.29, 0.717) is 4.91 Å². The number of thioether (sulfide) groups is 1. The molecule has 0 atom stereocenters. The summed E-state index contributed by atoms with van der Waals surface area (Å²) >= 11 is 6.27. The van der Waals surface area contributed by atoms with Crippen molar-refractivity contribution in [3.8, 4) is 0 Å². The summed E-state index contributed by atoms with van der Waals surface area (Å²) in [5.41, 5.74) is 4.86. The third kappa shape index (κ3) is 5.05. The van der Waals surface area contributed by atoms with E-state index in [-0.39, 0.29) is 10.2 Å². The van der Waals surface area contributed by atoms with Gasteiger partial charge >= 0.3 is 5.97 Å². The lowest BCUT2D eigenvalue weighted by molar-refractivity contribution is -0.140. The molecular formula is C26H20N2O3S2. The molecule has 7 heteroatoms. The Morgan fingerprint density at radius 3 is 2.03 bits per heavy atom. The molecule has 3 aromatic carbocycles. The van der Waals surface area contributed by atoms with Crippen LogP contribution in [0.25, 0.3) is 12.2 Å². The number of amides is 1.